The Balaban J connectivity index is 1.25. The molecule has 0 saturated carbocycles. The Kier molecular flexibility index (Phi) is 5.62. The molecule has 6 heteroatoms. The van der Waals surface area contributed by atoms with Crippen molar-refractivity contribution < 1.29 is 4.79 Å². The Bertz CT molecular complexity index is 1040. The summed E-state index contributed by atoms with van der Waals surface area (Å²) in [5.41, 5.74) is 5.30. The van der Waals surface area contributed by atoms with E-state index in [1.807, 2.05) is 72.9 Å². The van der Waals surface area contributed by atoms with Crippen LogP contribution in [-0.2, 0) is 13.1 Å². The van der Waals surface area contributed by atoms with Crippen molar-refractivity contribution >= 4 is 6.03 Å². The summed E-state index contributed by atoms with van der Waals surface area (Å²) >= 11 is 0. The van der Waals surface area contributed by atoms with E-state index in [0.717, 1.165) is 27.9 Å². The van der Waals surface area contributed by atoms with E-state index in [9.17, 15) is 4.79 Å². The van der Waals surface area contributed by atoms with Gasteiger partial charge in [0.15, 0.2) is 0 Å². The largest absolute Gasteiger partial charge is 0.334 e. The lowest BCUT2D eigenvalue weighted by molar-refractivity contribution is 0.240. The van der Waals surface area contributed by atoms with Gasteiger partial charge >= 0.3 is 6.03 Å². The number of pyridine rings is 1. The summed E-state index contributed by atoms with van der Waals surface area (Å²) in [5.74, 6) is 0. The van der Waals surface area contributed by atoms with E-state index in [-0.39, 0.29) is 6.03 Å². The van der Waals surface area contributed by atoms with Gasteiger partial charge in [-0.15, -0.1) is 0 Å². The number of nitrogens with zero attached hydrogens (tertiary/aromatic N) is 3. The zero-order valence-corrected chi connectivity index (χ0v) is 15.8. The maximum atomic E-state index is 12.1. The first kappa shape index (κ1) is 18.4. The second kappa shape index (κ2) is 8.84. The lowest BCUT2D eigenvalue weighted by Crippen LogP contribution is -2.34. The van der Waals surface area contributed by atoms with Gasteiger partial charge in [0.25, 0.3) is 0 Å². The van der Waals surface area contributed by atoms with Crippen molar-refractivity contribution in [3.8, 4) is 16.8 Å². The summed E-state index contributed by atoms with van der Waals surface area (Å²) in [6.45, 7) is 0.937. The van der Waals surface area contributed by atoms with Crippen LogP contribution in [0.2, 0.25) is 0 Å². The van der Waals surface area contributed by atoms with Crippen molar-refractivity contribution in [3.63, 3.8) is 0 Å². The first-order valence-corrected chi connectivity index (χ1v) is 9.38. The number of aromatic nitrogens is 3. The molecule has 0 spiro atoms. The number of benzene rings is 2. The standard InChI is InChI=1S/C23H21N5O/c29-23(26-17-19-4-8-22(9-5-19)28-15-1-12-27-28)25-16-18-2-6-20(7-3-18)21-10-13-24-14-11-21/h1-15H,16-17H2,(H2,25,26,29). The molecule has 0 atom stereocenters. The maximum absolute atomic E-state index is 12.1. The molecule has 0 radical (unpaired) electrons. The quantitative estimate of drug-likeness (QED) is 0.530. The molecule has 0 aliphatic rings. The lowest BCUT2D eigenvalue weighted by Gasteiger charge is -2.09. The predicted octanol–water partition coefficient (Wildman–Crippen LogP) is 3.93. The molecule has 0 bridgehead atoms. The average molecular weight is 383 g/mol. The van der Waals surface area contributed by atoms with Crippen LogP contribution in [0.5, 0.6) is 0 Å². The molecule has 4 rings (SSSR count). The number of carbonyl (C=O) groups excluding carboxylic acids is 1. The van der Waals surface area contributed by atoms with Crippen molar-refractivity contribution in [2.45, 2.75) is 13.1 Å². The maximum Gasteiger partial charge on any atom is 0.315 e. The van der Waals surface area contributed by atoms with E-state index in [4.69, 9.17) is 0 Å². The van der Waals surface area contributed by atoms with E-state index in [1.165, 1.54) is 0 Å². The summed E-state index contributed by atoms with van der Waals surface area (Å²) in [7, 11) is 0. The number of hydrogen-bond acceptors (Lipinski definition) is 3. The number of nitrogens with one attached hydrogen (secondary N) is 2. The van der Waals surface area contributed by atoms with E-state index >= 15 is 0 Å². The van der Waals surface area contributed by atoms with Crippen LogP contribution in [0.1, 0.15) is 11.1 Å². The third-order valence-corrected chi connectivity index (χ3v) is 4.58. The highest BCUT2D eigenvalue weighted by Gasteiger charge is 2.03. The molecule has 4 aromatic rings. The summed E-state index contributed by atoms with van der Waals surface area (Å²) in [6.07, 6.45) is 7.19. The molecule has 2 aromatic carbocycles. The van der Waals surface area contributed by atoms with Crippen molar-refractivity contribution in [2.75, 3.05) is 0 Å². The zero-order chi connectivity index (χ0) is 19.9. The highest BCUT2D eigenvalue weighted by molar-refractivity contribution is 5.73. The van der Waals surface area contributed by atoms with Crippen LogP contribution < -0.4 is 10.6 Å². The normalized spacial score (nSPS) is 10.5. The molecule has 2 heterocycles. The van der Waals surface area contributed by atoms with Gasteiger partial charge in [-0.05, 0) is 52.6 Å². The van der Waals surface area contributed by atoms with E-state index in [2.05, 4.69) is 20.7 Å². The van der Waals surface area contributed by atoms with Crippen LogP contribution in [0.25, 0.3) is 16.8 Å². The molecule has 0 unspecified atom stereocenters. The lowest BCUT2D eigenvalue weighted by atomic mass is 10.1. The molecule has 0 aliphatic heterocycles. The Morgan fingerprint density at radius 1 is 0.759 bits per heavy atom. The molecule has 144 valence electrons. The Morgan fingerprint density at radius 2 is 1.34 bits per heavy atom. The minimum absolute atomic E-state index is 0.195. The fourth-order valence-corrected chi connectivity index (χ4v) is 2.97. The summed E-state index contributed by atoms with van der Waals surface area (Å²) in [6, 6.07) is 21.7. The Hall–Kier alpha value is -3.93. The second-order valence-corrected chi connectivity index (χ2v) is 6.59. The smallest absolute Gasteiger partial charge is 0.315 e. The topological polar surface area (TPSA) is 71.8 Å². The van der Waals surface area contributed by atoms with Gasteiger partial charge in [-0.1, -0.05) is 36.4 Å². The van der Waals surface area contributed by atoms with Crippen molar-refractivity contribution in [1.82, 2.24) is 25.4 Å². The second-order valence-electron chi connectivity index (χ2n) is 6.59. The van der Waals surface area contributed by atoms with Crippen LogP contribution in [0.4, 0.5) is 4.79 Å². The number of hydrogen-bond donors (Lipinski definition) is 2. The highest BCUT2D eigenvalue weighted by Crippen LogP contribution is 2.18. The summed E-state index contributed by atoms with van der Waals surface area (Å²) in [5, 5.41) is 9.97. The van der Waals surface area contributed by atoms with Crippen LogP contribution in [0, 0.1) is 0 Å². The molecule has 2 amide bonds. The van der Waals surface area contributed by atoms with Crippen molar-refractivity contribution in [3.05, 3.63) is 103 Å². The van der Waals surface area contributed by atoms with Gasteiger partial charge in [-0.25, -0.2) is 9.48 Å². The first-order valence-electron chi connectivity index (χ1n) is 9.38. The van der Waals surface area contributed by atoms with Gasteiger partial charge in [0, 0.05) is 37.9 Å². The fourth-order valence-electron chi connectivity index (χ4n) is 2.97. The molecule has 29 heavy (non-hydrogen) atoms. The van der Waals surface area contributed by atoms with Gasteiger partial charge in [0.2, 0.25) is 0 Å². The van der Waals surface area contributed by atoms with Crippen molar-refractivity contribution in [2.24, 2.45) is 0 Å². The third-order valence-electron chi connectivity index (χ3n) is 4.58. The number of rotatable bonds is 6. The Labute approximate surface area is 169 Å². The van der Waals surface area contributed by atoms with Crippen LogP contribution in [0.15, 0.2) is 91.5 Å². The number of amides is 2. The molecule has 6 nitrogen and oxygen atoms in total. The average Bonchev–Trinajstić information content (AvgIpc) is 3.33. The van der Waals surface area contributed by atoms with Gasteiger partial charge in [-0.3, -0.25) is 4.98 Å². The SMILES string of the molecule is O=C(NCc1ccc(-c2ccncc2)cc1)NCc1ccc(-n2cccn2)cc1. The van der Waals surface area contributed by atoms with E-state index in [1.54, 1.807) is 23.3 Å². The molecule has 2 N–H and O–H groups in total. The first-order chi connectivity index (χ1) is 14.3. The van der Waals surface area contributed by atoms with Crippen LogP contribution >= 0.6 is 0 Å². The van der Waals surface area contributed by atoms with Gasteiger partial charge in [0.1, 0.15) is 0 Å². The summed E-state index contributed by atoms with van der Waals surface area (Å²) in [4.78, 5) is 16.1. The molecule has 2 aromatic heterocycles. The molecular formula is C23H21N5O. The highest BCUT2D eigenvalue weighted by atomic mass is 16.2. The van der Waals surface area contributed by atoms with Gasteiger partial charge in [-0.2, -0.15) is 5.10 Å². The monoisotopic (exact) mass is 383 g/mol. The minimum Gasteiger partial charge on any atom is -0.334 e. The molecule has 0 saturated heterocycles. The zero-order valence-electron chi connectivity index (χ0n) is 15.8. The molecule has 0 aliphatic carbocycles. The predicted molar refractivity (Wildman–Crippen MR) is 112 cm³/mol. The molecular weight excluding hydrogens is 362 g/mol. The fraction of sp³-hybridized carbons (Fsp3) is 0.0870. The van der Waals surface area contributed by atoms with Crippen LogP contribution in [-0.4, -0.2) is 20.8 Å². The van der Waals surface area contributed by atoms with E-state index < -0.39 is 0 Å². The van der Waals surface area contributed by atoms with E-state index in [0.29, 0.717) is 13.1 Å². The van der Waals surface area contributed by atoms with Gasteiger partial charge in [0.05, 0.1) is 5.69 Å². The third kappa shape index (κ3) is 4.87. The number of urea groups is 1. The number of carbonyl (C=O) groups is 1. The van der Waals surface area contributed by atoms with Crippen molar-refractivity contribution in [1.29, 1.82) is 0 Å². The Morgan fingerprint density at radius 3 is 1.93 bits per heavy atom. The minimum atomic E-state index is -0.195. The van der Waals surface area contributed by atoms with Gasteiger partial charge < -0.3 is 10.6 Å². The molecule has 0 fully saturated rings. The summed E-state index contributed by atoms with van der Waals surface area (Å²) < 4.78 is 1.80. The van der Waals surface area contributed by atoms with Crippen LogP contribution in [0.3, 0.4) is 0 Å².